The highest BCUT2D eigenvalue weighted by atomic mass is 16.5. The van der Waals surface area contributed by atoms with E-state index in [1.165, 1.54) is 11.1 Å². The highest BCUT2D eigenvalue weighted by molar-refractivity contribution is 5.84. The maximum atomic E-state index is 12.2. The van der Waals surface area contributed by atoms with Crippen molar-refractivity contribution in [2.45, 2.75) is 26.8 Å². The molecule has 3 aromatic carbocycles. The second-order valence-corrected chi connectivity index (χ2v) is 6.45. The van der Waals surface area contributed by atoms with Gasteiger partial charge in [0, 0.05) is 0 Å². The SMILES string of the molecule is Cc1ccc(C)c([C@@H](C)NC(=O)COc2ccc3ccccc3c2)c1. The smallest absolute Gasteiger partial charge is 0.258 e. The van der Waals surface area contributed by atoms with E-state index in [2.05, 4.69) is 43.4 Å². The standard InChI is InChI=1S/C22H23NO2/c1-15-8-9-16(2)21(12-15)17(3)23-22(24)14-25-20-11-10-18-6-4-5-7-19(18)13-20/h4-13,17H,14H2,1-3H3,(H,23,24)/t17-/m1/s1. The number of hydrogen-bond donors (Lipinski definition) is 1. The highest BCUT2D eigenvalue weighted by Crippen LogP contribution is 2.21. The Bertz CT molecular complexity index is 901. The molecule has 0 aliphatic carbocycles. The number of rotatable bonds is 5. The summed E-state index contributed by atoms with van der Waals surface area (Å²) in [5.74, 6) is 0.579. The molecule has 0 unspecified atom stereocenters. The summed E-state index contributed by atoms with van der Waals surface area (Å²) < 4.78 is 5.65. The van der Waals surface area contributed by atoms with E-state index in [-0.39, 0.29) is 18.6 Å². The van der Waals surface area contributed by atoms with Crippen molar-refractivity contribution in [3.8, 4) is 5.75 Å². The minimum absolute atomic E-state index is 0.00748. The Morgan fingerprint density at radius 2 is 1.76 bits per heavy atom. The Kier molecular flexibility index (Phi) is 5.03. The van der Waals surface area contributed by atoms with E-state index in [1.807, 2.05) is 43.3 Å². The summed E-state index contributed by atoms with van der Waals surface area (Å²) in [7, 11) is 0. The number of amides is 1. The molecule has 0 aliphatic rings. The molecule has 0 spiro atoms. The van der Waals surface area contributed by atoms with Crippen LogP contribution in [0.15, 0.2) is 60.7 Å². The number of nitrogens with one attached hydrogen (secondary N) is 1. The molecule has 1 amide bonds. The molecule has 0 saturated carbocycles. The van der Waals surface area contributed by atoms with Gasteiger partial charge in [-0.2, -0.15) is 0 Å². The average molecular weight is 333 g/mol. The zero-order valence-corrected chi connectivity index (χ0v) is 14.9. The van der Waals surface area contributed by atoms with Crippen molar-refractivity contribution in [2.75, 3.05) is 6.61 Å². The van der Waals surface area contributed by atoms with Gasteiger partial charge in [0.15, 0.2) is 6.61 Å². The zero-order valence-electron chi connectivity index (χ0n) is 14.9. The fourth-order valence-electron chi connectivity index (χ4n) is 2.99. The van der Waals surface area contributed by atoms with Gasteiger partial charge in [-0.15, -0.1) is 0 Å². The molecule has 0 aromatic heterocycles. The quantitative estimate of drug-likeness (QED) is 0.734. The molecule has 1 N–H and O–H groups in total. The topological polar surface area (TPSA) is 38.3 Å². The first-order valence-electron chi connectivity index (χ1n) is 8.51. The lowest BCUT2D eigenvalue weighted by molar-refractivity contribution is -0.123. The molecule has 0 heterocycles. The van der Waals surface area contributed by atoms with Crippen molar-refractivity contribution >= 4 is 16.7 Å². The Morgan fingerprint density at radius 1 is 1.00 bits per heavy atom. The first kappa shape index (κ1) is 17.0. The van der Waals surface area contributed by atoms with Gasteiger partial charge < -0.3 is 10.1 Å². The maximum absolute atomic E-state index is 12.2. The fraction of sp³-hybridized carbons (Fsp3) is 0.227. The fourth-order valence-corrected chi connectivity index (χ4v) is 2.99. The van der Waals surface area contributed by atoms with Crippen LogP contribution in [0.1, 0.15) is 29.7 Å². The molecular weight excluding hydrogens is 310 g/mol. The molecule has 0 saturated heterocycles. The predicted molar refractivity (Wildman–Crippen MR) is 102 cm³/mol. The number of hydrogen-bond acceptors (Lipinski definition) is 2. The summed E-state index contributed by atoms with van der Waals surface area (Å²) in [6.07, 6.45) is 0. The average Bonchev–Trinajstić information content (AvgIpc) is 2.61. The number of ether oxygens (including phenoxy) is 1. The van der Waals surface area contributed by atoms with Gasteiger partial charge in [-0.25, -0.2) is 0 Å². The van der Waals surface area contributed by atoms with Gasteiger partial charge in [0.05, 0.1) is 6.04 Å². The highest BCUT2D eigenvalue weighted by Gasteiger charge is 2.12. The van der Waals surface area contributed by atoms with Crippen LogP contribution in [0.4, 0.5) is 0 Å². The van der Waals surface area contributed by atoms with Crippen LogP contribution in [-0.2, 0) is 4.79 Å². The molecule has 3 heteroatoms. The van der Waals surface area contributed by atoms with Gasteiger partial charge in [-0.1, -0.05) is 54.1 Å². The van der Waals surface area contributed by atoms with E-state index in [4.69, 9.17) is 4.74 Å². The van der Waals surface area contributed by atoms with Crippen molar-refractivity contribution in [1.29, 1.82) is 0 Å². The van der Waals surface area contributed by atoms with Gasteiger partial charge in [0.2, 0.25) is 0 Å². The summed E-state index contributed by atoms with van der Waals surface area (Å²) in [5.41, 5.74) is 3.50. The summed E-state index contributed by atoms with van der Waals surface area (Å²) in [6, 6.07) is 20.2. The van der Waals surface area contributed by atoms with Crippen molar-refractivity contribution in [2.24, 2.45) is 0 Å². The minimum atomic E-state index is -0.124. The Hall–Kier alpha value is -2.81. The lowest BCUT2D eigenvalue weighted by atomic mass is 10.00. The molecule has 3 aromatic rings. The molecule has 128 valence electrons. The van der Waals surface area contributed by atoms with Crippen molar-refractivity contribution in [3.05, 3.63) is 77.4 Å². The third-order valence-corrected chi connectivity index (χ3v) is 4.37. The monoisotopic (exact) mass is 333 g/mol. The van der Waals surface area contributed by atoms with Crippen molar-refractivity contribution < 1.29 is 9.53 Å². The molecule has 3 rings (SSSR count). The first-order valence-corrected chi connectivity index (χ1v) is 8.51. The van der Waals surface area contributed by atoms with E-state index >= 15 is 0 Å². The lowest BCUT2D eigenvalue weighted by Crippen LogP contribution is -2.31. The van der Waals surface area contributed by atoms with E-state index < -0.39 is 0 Å². The summed E-state index contributed by atoms with van der Waals surface area (Å²) >= 11 is 0. The molecule has 0 aliphatic heterocycles. The normalized spacial score (nSPS) is 12.0. The van der Waals surface area contributed by atoms with E-state index in [0.717, 1.165) is 16.3 Å². The molecule has 0 radical (unpaired) electrons. The lowest BCUT2D eigenvalue weighted by Gasteiger charge is -2.17. The number of carbonyl (C=O) groups excluding carboxylic acids is 1. The third-order valence-electron chi connectivity index (χ3n) is 4.37. The minimum Gasteiger partial charge on any atom is -0.484 e. The predicted octanol–water partition coefficient (Wildman–Crippen LogP) is 4.71. The Balaban J connectivity index is 1.61. The first-order chi connectivity index (χ1) is 12.0. The summed E-state index contributed by atoms with van der Waals surface area (Å²) in [6.45, 7) is 6.12. The second kappa shape index (κ2) is 7.39. The number of benzene rings is 3. The van der Waals surface area contributed by atoms with Crippen LogP contribution in [0.2, 0.25) is 0 Å². The van der Waals surface area contributed by atoms with Crippen LogP contribution >= 0.6 is 0 Å². The van der Waals surface area contributed by atoms with Gasteiger partial charge in [-0.05, 0) is 54.8 Å². The molecule has 3 nitrogen and oxygen atoms in total. The van der Waals surface area contributed by atoms with Crippen LogP contribution in [0.25, 0.3) is 10.8 Å². The maximum Gasteiger partial charge on any atom is 0.258 e. The van der Waals surface area contributed by atoms with Crippen LogP contribution in [0.3, 0.4) is 0 Å². The molecule has 0 bridgehead atoms. The van der Waals surface area contributed by atoms with E-state index in [0.29, 0.717) is 5.75 Å². The van der Waals surface area contributed by atoms with Crippen LogP contribution < -0.4 is 10.1 Å². The third kappa shape index (κ3) is 4.18. The number of fused-ring (bicyclic) bond motifs is 1. The number of carbonyl (C=O) groups is 1. The number of aryl methyl sites for hydroxylation is 2. The van der Waals surface area contributed by atoms with Gasteiger partial charge in [0.25, 0.3) is 5.91 Å². The molecule has 25 heavy (non-hydrogen) atoms. The Morgan fingerprint density at radius 3 is 2.56 bits per heavy atom. The van der Waals surface area contributed by atoms with Crippen LogP contribution in [0, 0.1) is 13.8 Å². The molecular formula is C22H23NO2. The molecule has 1 atom stereocenters. The van der Waals surface area contributed by atoms with Crippen LogP contribution in [-0.4, -0.2) is 12.5 Å². The van der Waals surface area contributed by atoms with Gasteiger partial charge in [0.1, 0.15) is 5.75 Å². The Labute approximate surface area is 148 Å². The largest absolute Gasteiger partial charge is 0.484 e. The van der Waals surface area contributed by atoms with Gasteiger partial charge >= 0.3 is 0 Å². The summed E-state index contributed by atoms with van der Waals surface area (Å²) in [4.78, 5) is 12.2. The summed E-state index contributed by atoms with van der Waals surface area (Å²) in [5, 5.41) is 5.26. The van der Waals surface area contributed by atoms with Crippen molar-refractivity contribution in [1.82, 2.24) is 5.32 Å². The van der Waals surface area contributed by atoms with Gasteiger partial charge in [-0.3, -0.25) is 4.79 Å². The second-order valence-electron chi connectivity index (χ2n) is 6.45. The zero-order chi connectivity index (χ0) is 17.8. The van der Waals surface area contributed by atoms with E-state index in [9.17, 15) is 4.79 Å². The van der Waals surface area contributed by atoms with E-state index in [1.54, 1.807) is 0 Å². The molecule has 0 fully saturated rings. The van der Waals surface area contributed by atoms with Crippen LogP contribution in [0.5, 0.6) is 5.75 Å². The van der Waals surface area contributed by atoms with Crippen molar-refractivity contribution in [3.63, 3.8) is 0 Å².